The van der Waals surface area contributed by atoms with Crippen LogP contribution in [-0.2, 0) is 0 Å². The van der Waals surface area contributed by atoms with E-state index in [1.54, 1.807) is 30.3 Å². The molecule has 2 rings (SSSR count). The molecule has 4 nitrogen and oxygen atoms in total. The molecule has 0 aliphatic carbocycles. The minimum absolute atomic E-state index is 0.289. The van der Waals surface area contributed by atoms with Crippen LogP contribution in [0, 0.1) is 0 Å². The predicted molar refractivity (Wildman–Crippen MR) is 86.4 cm³/mol. The smallest absolute Gasteiger partial charge is 0.257 e. The van der Waals surface area contributed by atoms with Crippen LogP contribution >= 0.6 is 23.2 Å². The number of benzene rings is 2. The van der Waals surface area contributed by atoms with Gasteiger partial charge in [-0.3, -0.25) is 4.79 Å². The largest absolute Gasteiger partial charge is 0.494 e. The zero-order valence-corrected chi connectivity index (χ0v) is 12.8. The van der Waals surface area contributed by atoms with Crippen molar-refractivity contribution in [3.05, 3.63) is 52.0 Å². The van der Waals surface area contributed by atoms with Crippen LogP contribution in [-0.4, -0.2) is 12.5 Å². The van der Waals surface area contributed by atoms with E-state index in [4.69, 9.17) is 33.7 Å². The van der Waals surface area contributed by atoms with Crippen molar-refractivity contribution < 1.29 is 9.53 Å². The number of nitrogens with two attached hydrogens (primary N) is 1. The van der Waals surface area contributed by atoms with E-state index < -0.39 is 0 Å². The highest BCUT2D eigenvalue weighted by Crippen LogP contribution is 2.26. The zero-order chi connectivity index (χ0) is 15.4. The molecule has 0 atom stereocenters. The molecule has 2 aromatic carbocycles. The van der Waals surface area contributed by atoms with Crippen LogP contribution in [0.2, 0.25) is 10.0 Å². The summed E-state index contributed by atoms with van der Waals surface area (Å²) in [6.45, 7) is 2.43. The van der Waals surface area contributed by atoms with Crippen LogP contribution in [0.5, 0.6) is 5.75 Å². The number of amides is 1. The Morgan fingerprint density at radius 3 is 2.67 bits per heavy atom. The molecule has 21 heavy (non-hydrogen) atoms. The third-order valence-corrected chi connectivity index (χ3v) is 3.32. The topological polar surface area (TPSA) is 64.3 Å². The zero-order valence-electron chi connectivity index (χ0n) is 11.3. The summed E-state index contributed by atoms with van der Waals surface area (Å²) in [5.41, 5.74) is 7.08. The fourth-order valence-corrected chi connectivity index (χ4v) is 2.15. The maximum absolute atomic E-state index is 12.2. The monoisotopic (exact) mass is 324 g/mol. The van der Waals surface area contributed by atoms with E-state index in [-0.39, 0.29) is 11.5 Å². The number of nitrogens with one attached hydrogen (secondary N) is 1. The van der Waals surface area contributed by atoms with Gasteiger partial charge in [-0.2, -0.15) is 0 Å². The lowest BCUT2D eigenvalue weighted by molar-refractivity contribution is 0.102. The second-order valence-electron chi connectivity index (χ2n) is 4.26. The Bertz CT molecular complexity index is 675. The number of anilines is 2. The van der Waals surface area contributed by atoms with Gasteiger partial charge in [0, 0.05) is 11.1 Å². The molecule has 0 aromatic heterocycles. The summed E-state index contributed by atoms with van der Waals surface area (Å²) in [6, 6.07) is 9.75. The lowest BCUT2D eigenvalue weighted by Gasteiger charge is -2.11. The summed E-state index contributed by atoms with van der Waals surface area (Å²) in [7, 11) is 0. The molecule has 0 saturated heterocycles. The Morgan fingerprint density at radius 1 is 1.24 bits per heavy atom. The average molecular weight is 325 g/mol. The first-order valence-corrected chi connectivity index (χ1v) is 7.05. The molecular weight excluding hydrogens is 311 g/mol. The molecule has 0 bridgehead atoms. The van der Waals surface area contributed by atoms with Gasteiger partial charge in [-0.25, -0.2) is 0 Å². The Hall–Kier alpha value is -1.91. The molecule has 0 aliphatic rings. The van der Waals surface area contributed by atoms with Crippen molar-refractivity contribution in [3.8, 4) is 5.75 Å². The molecule has 0 unspecified atom stereocenters. The third kappa shape index (κ3) is 3.80. The van der Waals surface area contributed by atoms with E-state index in [0.717, 1.165) is 0 Å². The summed E-state index contributed by atoms with van der Waals surface area (Å²) in [5.74, 6) is 0.271. The van der Waals surface area contributed by atoms with Crippen LogP contribution in [0.25, 0.3) is 0 Å². The van der Waals surface area contributed by atoms with E-state index >= 15 is 0 Å². The summed E-state index contributed by atoms with van der Waals surface area (Å²) in [5, 5.41) is 3.46. The lowest BCUT2D eigenvalue weighted by Crippen LogP contribution is -2.13. The molecule has 0 spiro atoms. The SMILES string of the molecule is CCOc1ccc(NC(=O)c2cc(Cl)ccc2Cl)c(N)c1. The van der Waals surface area contributed by atoms with Gasteiger partial charge in [0.25, 0.3) is 5.91 Å². The first-order chi connectivity index (χ1) is 10.0. The van der Waals surface area contributed by atoms with Crippen molar-refractivity contribution in [2.75, 3.05) is 17.7 Å². The Labute approximate surface area is 132 Å². The maximum atomic E-state index is 12.2. The lowest BCUT2D eigenvalue weighted by atomic mass is 10.2. The van der Waals surface area contributed by atoms with E-state index in [2.05, 4.69) is 5.32 Å². The number of nitrogen functional groups attached to an aromatic ring is 1. The standard InChI is InChI=1S/C15H14Cl2N2O2/c1-2-21-10-4-6-14(13(18)8-10)19-15(20)11-7-9(16)3-5-12(11)17/h3-8H,2,18H2,1H3,(H,19,20). The quantitative estimate of drug-likeness (QED) is 0.827. The van der Waals surface area contributed by atoms with Crippen LogP contribution in [0.3, 0.4) is 0 Å². The number of hydrogen-bond acceptors (Lipinski definition) is 3. The molecule has 2 aromatic rings. The van der Waals surface area contributed by atoms with Crippen molar-refractivity contribution >= 4 is 40.5 Å². The van der Waals surface area contributed by atoms with Gasteiger partial charge in [-0.1, -0.05) is 23.2 Å². The maximum Gasteiger partial charge on any atom is 0.257 e. The van der Waals surface area contributed by atoms with Crippen molar-refractivity contribution in [2.24, 2.45) is 0 Å². The molecule has 0 aliphatic heterocycles. The Balaban J connectivity index is 2.21. The van der Waals surface area contributed by atoms with Gasteiger partial charge in [0.15, 0.2) is 0 Å². The van der Waals surface area contributed by atoms with Gasteiger partial charge in [0.1, 0.15) is 5.75 Å². The van der Waals surface area contributed by atoms with E-state index in [1.807, 2.05) is 6.92 Å². The van der Waals surface area contributed by atoms with Gasteiger partial charge < -0.3 is 15.8 Å². The molecule has 3 N–H and O–H groups in total. The van der Waals surface area contributed by atoms with Crippen molar-refractivity contribution in [1.82, 2.24) is 0 Å². The summed E-state index contributed by atoms with van der Waals surface area (Å²) >= 11 is 11.9. The molecule has 1 amide bonds. The number of carbonyl (C=O) groups excluding carboxylic acids is 1. The first-order valence-electron chi connectivity index (χ1n) is 6.30. The van der Waals surface area contributed by atoms with E-state index in [9.17, 15) is 4.79 Å². The third-order valence-electron chi connectivity index (χ3n) is 2.76. The molecule has 6 heteroatoms. The minimum Gasteiger partial charge on any atom is -0.494 e. The molecule has 0 heterocycles. The van der Waals surface area contributed by atoms with Crippen LogP contribution < -0.4 is 15.8 Å². The number of ether oxygens (including phenoxy) is 1. The highest BCUT2D eigenvalue weighted by atomic mass is 35.5. The van der Waals surface area contributed by atoms with Crippen LogP contribution in [0.4, 0.5) is 11.4 Å². The second kappa shape index (κ2) is 6.70. The summed E-state index contributed by atoms with van der Waals surface area (Å²) < 4.78 is 5.33. The number of hydrogen-bond donors (Lipinski definition) is 2. The fraction of sp³-hybridized carbons (Fsp3) is 0.133. The van der Waals surface area contributed by atoms with Gasteiger partial charge in [-0.15, -0.1) is 0 Å². The van der Waals surface area contributed by atoms with Gasteiger partial charge in [0.05, 0.1) is 28.6 Å². The number of halogens is 2. The molecule has 0 fully saturated rings. The highest BCUT2D eigenvalue weighted by Gasteiger charge is 2.13. The minimum atomic E-state index is -0.377. The van der Waals surface area contributed by atoms with Crippen LogP contribution in [0.1, 0.15) is 17.3 Å². The Morgan fingerprint density at radius 2 is 2.00 bits per heavy atom. The second-order valence-corrected chi connectivity index (χ2v) is 5.10. The molecule has 0 saturated carbocycles. The number of rotatable bonds is 4. The van der Waals surface area contributed by atoms with Crippen molar-refractivity contribution in [3.63, 3.8) is 0 Å². The van der Waals surface area contributed by atoms with E-state index in [1.165, 1.54) is 6.07 Å². The fourth-order valence-electron chi connectivity index (χ4n) is 1.77. The predicted octanol–water partition coefficient (Wildman–Crippen LogP) is 4.23. The highest BCUT2D eigenvalue weighted by molar-refractivity contribution is 6.36. The number of carbonyl (C=O) groups is 1. The van der Waals surface area contributed by atoms with E-state index in [0.29, 0.717) is 33.8 Å². The average Bonchev–Trinajstić information content (AvgIpc) is 2.44. The molecule has 0 radical (unpaired) electrons. The van der Waals surface area contributed by atoms with Crippen LogP contribution in [0.15, 0.2) is 36.4 Å². The van der Waals surface area contributed by atoms with Gasteiger partial charge >= 0.3 is 0 Å². The van der Waals surface area contributed by atoms with Crippen molar-refractivity contribution in [2.45, 2.75) is 6.92 Å². The molecule has 110 valence electrons. The Kier molecular flexibility index (Phi) is 4.94. The van der Waals surface area contributed by atoms with Gasteiger partial charge in [-0.05, 0) is 37.3 Å². The van der Waals surface area contributed by atoms with Gasteiger partial charge in [0.2, 0.25) is 0 Å². The molecular formula is C15H14Cl2N2O2. The normalized spacial score (nSPS) is 10.2. The summed E-state index contributed by atoms with van der Waals surface area (Å²) in [4.78, 5) is 12.2. The first kappa shape index (κ1) is 15.5. The summed E-state index contributed by atoms with van der Waals surface area (Å²) in [6.07, 6.45) is 0. The van der Waals surface area contributed by atoms with Crippen molar-refractivity contribution in [1.29, 1.82) is 0 Å².